The molecular weight excluding hydrogens is 198 g/mol. The molecule has 1 N–H and O–H groups in total. The molecule has 0 bridgehead atoms. The van der Waals surface area contributed by atoms with Gasteiger partial charge in [-0.2, -0.15) is 0 Å². The maximum Gasteiger partial charge on any atom is 0.0447 e. The number of nitrogens with one attached hydrogen (secondary N) is 1. The number of nitrogens with zero attached hydrogens (tertiary/aromatic N) is 2. The van der Waals surface area contributed by atoms with Gasteiger partial charge < -0.3 is 10.2 Å². The molecule has 0 aromatic heterocycles. The van der Waals surface area contributed by atoms with Gasteiger partial charge in [-0.3, -0.25) is 4.90 Å². The van der Waals surface area contributed by atoms with Gasteiger partial charge in [-0.05, 0) is 26.1 Å². The van der Waals surface area contributed by atoms with Crippen molar-refractivity contribution in [3.63, 3.8) is 0 Å². The first-order chi connectivity index (χ1) is 7.72. The molecule has 1 aliphatic heterocycles. The second-order valence-electron chi connectivity index (χ2n) is 4.39. The Bertz CT molecular complexity index is 231. The SMILES string of the molecule is C=CC(=C)N1CC(N(CCC)CCNC)C1. The van der Waals surface area contributed by atoms with Crippen molar-refractivity contribution < 1.29 is 0 Å². The Balaban J connectivity index is 2.32. The van der Waals surface area contributed by atoms with E-state index in [0.717, 1.165) is 31.9 Å². The number of hydrogen-bond acceptors (Lipinski definition) is 3. The predicted molar refractivity (Wildman–Crippen MR) is 70.5 cm³/mol. The molecule has 0 radical (unpaired) electrons. The molecule has 0 aromatic rings. The quantitative estimate of drug-likeness (QED) is 0.626. The second-order valence-corrected chi connectivity index (χ2v) is 4.39. The second kappa shape index (κ2) is 6.71. The zero-order chi connectivity index (χ0) is 12.0. The minimum Gasteiger partial charge on any atom is -0.369 e. The molecule has 16 heavy (non-hydrogen) atoms. The lowest BCUT2D eigenvalue weighted by Crippen LogP contribution is -2.59. The lowest BCUT2D eigenvalue weighted by Gasteiger charge is -2.47. The average Bonchev–Trinajstić information content (AvgIpc) is 2.23. The Morgan fingerprint density at radius 3 is 2.69 bits per heavy atom. The summed E-state index contributed by atoms with van der Waals surface area (Å²) in [5.74, 6) is 0. The van der Waals surface area contributed by atoms with Gasteiger partial charge in [0.15, 0.2) is 0 Å². The van der Waals surface area contributed by atoms with Gasteiger partial charge in [0.25, 0.3) is 0 Å². The molecule has 3 nitrogen and oxygen atoms in total. The van der Waals surface area contributed by atoms with Gasteiger partial charge in [0.2, 0.25) is 0 Å². The molecule has 0 unspecified atom stereocenters. The first-order valence-electron chi connectivity index (χ1n) is 6.17. The van der Waals surface area contributed by atoms with Crippen LogP contribution in [0.5, 0.6) is 0 Å². The Kier molecular flexibility index (Phi) is 5.56. The Labute approximate surface area is 99.8 Å². The van der Waals surface area contributed by atoms with Gasteiger partial charge >= 0.3 is 0 Å². The summed E-state index contributed by atoms with van der Waals surface area (Å²) in [5, 5.41) is 3.22. The molecule has 0 aromatic carbocycles. The van der Waals surface area contributed by atoms with E-state index < -0.39 is 0 Å². The average molecular weight is 223 g/mol. The maximum absolute atomic E-state index is 3.97. The van der Waals surface area contributed by atoms with E-state index >= 15 is 0 Å². The first-order valence-corrected chi connectivity index (χ1v) is 6.17. The van der Waals surface area contributed by atoms with Crippen LogP contribution in [0, 0.1) is 0 Å². The number of likely N-dealkylation sites (N-methyl/N-ethyl adjacent to an activating group) is 1. The van der Waals surface area contributed by atoms with E-state index in [1.54, 1.807) is 0 Å². The third-order valence-corrected chi connectivity index (χ3v) is 3.18. The molecule has 1 fully saturated rings. The van der Waals surface area contributed by atoms with Crippen molar-refractivity contribution in [2.45, 2.75) is 19.4 Å². The van der Waals surface area contributed by atoms with Gasteiger partial charge in [-0.15, -0.1) is 0 Å². The molecule has 1 heterocycles. The fourth-order valence-electron chi connectivity index (χ4n) is 2.07. The minimum absolute atomic E-state index is 0.699. The summed E-state index contributed by atoms with van der Waals surface area (Å²) >= 11 is 0. The third kappa shape index (κ3) is 3.35. The Morgan fingerprint density at radius 2 is 2.19 bits per heavy atom. The molecule has 1 aliphatic rings. The monoisotopic (exact) mass is 223 g/mol. The lowest BCUT2D eigenvalue weighted by molar-refractivity contribution is 0.0615. The van der Waals surface area contributed by atoms with Crippen molar-refractivity contribution in [1.82, 2.24) is 15.1 Å². The molecule has 1 saturated heterocycles. The van der Waals surface area contributed by atoms with Gasteiger partial charge in [0.05, 0.1) is 0 Å². The normalized spacial score (nSPS) is 16.3. The largest absolute Gasteiger partial charge is 0.369 e. The molecule has 0 aliphatic carbocycles. The fourth-order valence-corrected chi connectivity index (χ4v) is 2.07. The number of likely N-dealkylation sites (tertiary alicyclic amines) is 1. The number of rotatable bonds is 8. The highest BCUT2D eigenvalue weighted by Crippen LogP contribution is 2.19. The standard InChI is InChI=1S/C13H25N3/c1-5-8-15(9-7-14-4)13-10-16(11-13)12(3)6-2/h6,13-14H,2-3,5,7-11H2,1,4H3. The predicted octanol–water partition coefficient (Wildman–Crippen LogP) is 1.30. The van der Waals surface area contributed by atoms with Crippen molar-refractivity contribution in [1.29, 1.82) is 0 Å². The zero-order valence-electron chi connectivity index (χ0n) is 10.7. The van der Waals surface area contributed by atoms with Crippen LogP contribution in [0.25, 0.3) is 0 Å². The van der Waals surface area contributed by atoms with Crippen LogP contribution in [-0.2, 0) is 0 Å². The molecule has 0 spiro atoms. The van der Waals surface area contributed by atoms with E-state index in [-0.39, 0.29) is 0 Å². The van der Waals surface area contributed by atoms with E-state index in [2.05, 4.69) is 35.2 Å². The van der Waals surface area contributed by atoms with E-state index in [4.69, 9.17) is 0 Å². The van der Waals surface area contributed by atoms with Crippen LogP contribution in [0.2, 0.25) is 0 Å². The smallest absolute Gasteiger partial charge is 0.0447 e. The van der Waals surface area contributed by atoms with Crippen LogP contribution in [0.4, 0.5) is 0 Å². The third-order valence-electron chi connectivity index (χ3n) is 3.18. The highest BCUT2D eigenvalue weighted by Gasteiger charge is 2.30. The van der Waals surface area contributed by atoms with Crippen molar-refractivity contribution in [2.24, 2.45) is 0 Å². The molecule has 0 saturated carbocycles. The van der Waals surface area contributed by atoms with E-state index in [9.17, 15) is 0 Å². The number of allylic oxidation sites excluding steroid dienone is 1. The van der Waals surface area contributed by atoms with Crippen LogP contribution in [0.3, 0.4) is 0 Å². The van der Waals surface area contributed by atoms with Crippen LogP contribution in [0.15, 0.2) is 24.9 Å². The van der Waals surface area contributed by atoms with E-state index in [1.807, 2.05) is 13.1 Å². The highest BCUT2D eigenvalue weighted by molar-refractivity contribution is 5.14. The first kappa shape index (κ1) is 13.3. The molecular formula is C13H25N3. The molecule has 0 amide bonds. The lowest BCUT2D eigenvalue weighted by atomic mass is 10.1. The molecule has 92 valence electrons. The van der Waals surface area contributed by atoms with Crippen LogP contribution < -0.4 is 5.32 Å². The zero-order valence-corrected chi connectivity index (χ0v) is 10.7. The summed E-state index contributed by atoms with van der Waals surface area (Å²) in [4.78, 5) is 4.86. The summed E-state index contributed by atoms with van der Waals surface area (Å²) in [6.07, 6.45) is 3.07. The molecule has 3 heteroatoms. The minimum atomic E-state index is 0.699. The molecule has 1 rings (SSSR count). The van der Waals surface area contributed by atoms with Crippen molar-refractivity contribution in [2.75, 3.05) is 39.8 Å². The summed E-state index contributed by atoms with van der Waals surface area (Å²) in [5.41, 5.74) is 1.06. The van der Waals surface area contributed by atoms with Gasteiger partial charge in [-0.1, -0.05) is 20.1 Å². The van der Waals surface area contributed by atoms with Crippen molar-refractivity contribution in [3.8, 4) is 0 Å². The van der Waals surface area contributed by atoms with Gasteiger partial charge in [0.1, 0.15) is 0 Å². The van der Waals surface area contributed by atoms with Gasteiger partial charge in [-0.25, -0.2) is 0 Å². The summed E-state index contributed by atoms with van der Waals surface area (Å²) < 4.78 is 0. The highest BCUT2D eigenvalue weighted by atomic mass is 15.3. The van der Waals surface area contributed by atoms with E-state index in [1.165, 1.54) is 13.0 Å². The maximum atomic E-state index is 3.97. The Morgan fingerprint density at radius 1 is 1.50 bits per heavy atom. The molecule has 0 atom stereocenters. The van der Waals surface area contributed by atoms with Crippen LogP contribution >= 0.6 is 0 Å². The number of hydrogen-bond donors (Lipinski definition) is 1. The van der Waals surface area contributed by atoms with Crippen LogP contribution in [0.1, 0.15) is 13.3 Å². The Hall–Kier alpha value is -0.800. The van der Waals surface area contributed by atoms with E-state index in [0.29, 0.717) is 6.04 Å². The van der Waals surface area contributed by atoms with Gasteiger partial charge in [0, 0.05) is 37.9 Å². The summed E-state index contributed by atoms with van der Waals surface area (Å²) in [6, 6.07) is 0.699. The van der Waals surface area contributed by atoms with Crippen molar-refractivity contribution in [3.05, 3.63) is 24.9 Å². The van der Waals surface area contributed by atoms with Crippen molar-refractivity contribution >= 4 is 0 Å². The van der Waals surface area contributed by atoms with Crippen LogP contribution in [-0.4, -0.2) is 55.6 Å². The fraction of sp³-hybridized carbons (Fsp3) is 0.692. The summed E-state index contributed by atoms with van der Waals surface area (Å²) in [7, 11) is 2.01. The topological polar surface area (TPSA) is 18.5 Å². The summed E-state index contributed by atoms with van der Waals surface area (Å²) in [6.45, 7) is 15.6.